The fourth-order valence-electron chi connectivity index (χ4n) is 3.02. The van der Waals surface area contributed by atoms with Crippen molar-refractivity contribution in [2.75, 3.05) is 26.3 Å². The van der Waals surface area contributed by atoms with Crippen LogP contribution < -0.4 is 5.73 Å². The van der Waals surface area contributed by atoms with Crippen LogP contribution in [0.25, 0.3) is 0 Å². The summed E-state index contributed by atoms with van der Waals surface area (Å²) in [5.41, 5.74) is 7.24. The Morgan fingerprint density at radius 2 is 2.05 bits per heavy atom. The first-order valence-corrected chi connectivity index (χ1v) is 6.93. The molecular weight excluding hydrogens is 240 g/mol. The molecule has 4 heteroatoms. The molecule has 0 aliphatic carbocycles. The van der Waals surface area contributed by atoms with Crippen molar-refractivity contribution in [2.45, 2.75) is 18.4 Å². The van der Waals surface area contributed by atoms with Crippen molar-refractivity contribution in [3.8, 4) is 0 Å². The lowest BCUT2D eigenvalue weighted by atomic mass is 9.98. The average molecular weight is 260 g/mol. The first-order chi connectivity index (χ1) is 9.25. The number of hydrogen-bond acceptors (Lipinski definition) is 3. The third-order valence-corrected chi connectivity index (χ3v) is 4.21. The van der Waals surface area contributed by atoms with Crippen molar-refractivity contribution in [1.82, 2.24) is 4.90 Å². The second-order valence-electron chi connectivity index (χ2n) is 5.49. The summed E-state index contributed by atoms with van der Waals surface area (Å²) < 4.78 is 5.29. The third-order valence-electron chi connectivity index (χ3n) is 4.21. The molecule has 2 aliphatic rings. The highest BCUT2D eigenvalue weighted by Gasteiger charge is 2.37. The number of carbonyl (C=O) groups excluding carboxylic acids is 1. The maximum atomic E-state index is 12.4. The first kappa shape index (κ1) is 12.6. The minimum atomic E-state index is -0.144. The van der Waals surface area contributed by atoms with E-state index in [1.807, 2.05) is 11.0 Å². The largest absolute Gasteiger partial charge is 0.379 e. The van der Waals surface area contributed by atoms with E-state index in [9.17, 15) is 4.79 Å². The summed E-state index contributed by atoms with van der Waals surface area (Å²) in [4.78, 5) is 14.4. The molecule has 3 atom stereocenters. The van der Waals surface area contributed by atoms with Gasteiger partial charge in [0, 0.05) is 25.0 Å². The van der Waals surface area contributed by atoms with Crippen LogP contribution in [-0.2, 0) is 9.53 Å². The standard InChI is InChI=1S/C15H20N2O2/c16-14-10-19-9-13(14)15(18)17-7-6-12(8-17)11-4-2-1-3-5-11/h1-5,12-14H,6-10,16H2. The highest BCUT2D eigenvalue weighted by molar-refractivity contribution is 5.80. The minimum absolute atomic E-state index is 0.136. The summed E-state index contributed by atoms with van der Waals surface area (Å²) in [5, 5.41) is 0. The number of ether oxygens (including phenoxy) is 1. The van der Waals surface area contributed by atoms with E-state index in [4.69, 9.17) is 10.5 Å². The highest BCUT2D eigenvalue weighted by Crippen LogP contribution is 2.28. The third kappa shape index (κ3) is 2.51. The molecule has 102 valence electrons. The monoisotopic (exact) mass is 260 g/mol. The number of amides is 1. The summed E-state index contributed by atoms with van der Waals surface area (Å²) >= 11 is 0. The number of nitrogens with zero attached hydrogens (tertiary/aromatic N) is 1. The zero-order valence-electron chi connectivity index (χ0n) is 11.0. The summed E-state index contributed by atoms with van der Waals surface area (Å²) in [6, 6.07) is 10.3. The number of carbonyl (C=O) groups is 1. The predicted molar refractivity (Wildman–Crippen MR) is 72.7 cm³/mol. The van der Waals surface area contributed by atoms with Crippen molar-refractivity contribution < 1.29 is 9.53 Å². The van der Waals surface area contributed by atoms with Crippen LogP contribution in [0.5, 0.6) is 0 Å². The van der Waals surface area contributed by atoms with Gasteiger partial charge in [-0.05, 0) is 12.0 Å². The summed E-state index contributed by atoms with van der Waals surface area (Å²) in [6.07, 6.45) is 1.04. The van der Waals surface area contributed by atoms with Crippen LogP contribution in [0.2, 0.25) is 0 Å². The van der Waals surface area contributed by atoms with E-state index in [1.165, 1.54) is 5.56 Å². The number of benzene rings is 1. The number of hydrogen-bond donors (Lipinski definition) is 1. The molecule has 2 saturated heterocycles. The molecule has 2 aliphatic heterocycles. The van der Waals surface area contributed by atoms with Crippen LogP contribution in [0.4, 0.5) is 0 Å². The minimum Gasteiger partial charge on any atom is -0.379 e. The molecule has 3 rings (SSSR count). The smallest absolute Gasteiger partial charge is 0.229 e. The van der Waals surface area contributed by atoms with Gasteiger partial charge in [0.05, 0.1) is 19.1 Å². The van der Waals surface area contributed by atoms with Crippen molar-refractivity contribution >= 4 is 5.91 Å². The molecule has 2 fully saturated rings. The lowest BCUT2D eigenvalue weighted by molar-refractivity contribution is -0.134. The summed E-state index contributed by atoms with van der Waals surface area (Å²) in [5.74, 6) is 0.488. The van der Waals surface area contributed by atoms with E-state index in [2.05, 4.69) is 24.3 Å². The lowest BCUT2D eigenvalue weighted by Gasteiger charge is -2.22. The van der Waals surface area contributed by atoms with Gasteiger partial charge in [-0.15, -0.1) is 0 Å². The fourth-order valence-corrected chi connectivity index (χ4v) is 3.02. The first-order valence-electron chi connectivity index (χ1n) is 6.93. The zero-order chi connectivity index (χ0) is 13.2. The van der Waals surface area contributed by atoms with Gasteiger partial charge in [0.15, 0.2) is 0 Å². The van der Waals surface area contributed by atoms with Crippen LogP contribution >= 0.6 is 0 Å². The molecule has 0 spiro atoms. The molecule has 1 aromatic rings. The molecule has 3 unspecified atom stereocenters. The van der Waals surface area contributed by atoms with Crippen LogP contribution in [0, 0.1) is 5.92 Å². The molecule has 4 nitrogen and oxygen atoms in total. The Balaban J connectivity index is 1.64. The van der Waals surface area contributed by atoms with E-state index in [1.54, 1.807) is 0 Å². The molecule has 2 N–H and O–H groups in total. The van der Waals surface area contributed by atoms with Crippen molar-refractivity contribution in [3.05, 3.63) is 35.9 Å². The molecule has 19 heavy (non-hydrogen) atoms. The number of nitrogens with two attached hydrogens (primary N) is 1. The van der Waals surface area contributed by atoms with Gasteiger partial charge in [-0.25, -0.2) is 0 Å². The molecule has 0 aromatic heterocycles. The van der Waals surface area contributed by atoms with E-state index >= 15 is 0 Å². The Hall–Kier alpha value is -1.39. The van der Waals surface area contributed by atoms with Crippen molar-refractivity contribution in [2.24, 2.45) is 11.7 Å². The molecule has 0 saturated carbocycles. The molecule has 2 heterocycles. The highest BCUT2D eigenvalue weighted by atomic mass is 16.5. The number of likely N-dealkylation sites (tertiary alicyclic amines) is 1. The topological polar surface area (TPSA) is 55.6 Å². The van der Waals surface area contributed by atoms with E-state index < -0.39 is 0 Å². The van der Waals surface area contributed by atoms with Crippen LogP contribution in [0.3, 0.4) is 0 Å². The Labute approximate surface area is 113 Å². The van der Waals surface area contributed by atoms with Crippen molar-refractivity contribution in [3.63, 3.8) is 0 Å². The normalized spacial score (nSPS) is 30.8. The summed E-state index contributed by atoms with van der Waals surface area (Å²) in [6.45, 7) is 2.63. The van der Waals surface area contributed by atoms with Gasteiger partial charge >= 0.3 is 0 Å². The zero-order valence-corrected chi connectivity index (χ0v) is 11.0. The lowest BCUT2D eigenvalue weighted by Crippen LogP contribution is -2.42. The molecule has 1 aromatic carbocycles. The van der Waals surface area contributed by atoms with E-state index in [-0.39, 0.29) is 17.9 Å². The molecule has 0 radical (unpaired) electrons. The Kier molecular flexibility index (Phi) is 3.53. The summed E-state index contributed by atoms with van der Waals surface area (Å²) in [7, 11) is 0. The van der Waals surface area contributed by atoms with Gasteiger partial charge in [-0.3, -0.25) is 4.79 Å². The SMILES string of the molecule is NC1COCC1C(=O)N1CCC(c2ccccc2)C1. The predicted octanol–water partition coefficient (Wildman–Crippen LogP) is 0.976. The molecule has 0 bridgehead atoms. The van der Waals surface area contributed by atoms with E-state index in [0.717, 1.165) is 19.5 Å². The van der Waals surface area contributed by atoms with Crippen LogP contribution in [-0.4, -0.2) is 43.2 Å². The van der Waals surface area contributed by atoms with E-state index in [0.29, 0.717) is 19.1 Å². The maximum absolute atomic E-state index is 12.4. The van der Waals surface area contributed by atoms with Gasteiger partial charge in [-0.1, -0.05) is 30.3 Å². The van der Waals surface area contributed by atoms with Gasteiger partial charge in [0.1, 0.15) is 0 Å². The van der Waals surface area contributed by atoms with Gasteiger partial charge in [-0.2, -0.15) is 0 Å². The average Bonchev–Trinajstić information content (AvgIpc) is 3.08. The van der Waals surface area contributed by atoms with Gasteiger partial charge in [0.2, 0.25) is 5.91 Å². The molecule has 1 amide bonds. The Morgan fingerprint density at radius 1 is 1.26 bits per heavy atom. The Morgan fingerprint density at radius 3 is 2.74 bits per heavy atom. The van der Waals surface area contributed by atoms with Crippen LogP contribution in [0.15, 0.2) is 30.3 Å². The second kappa shape index (κ2) is 5.31. The quantitative estimate of drug-likeness (QED) is 0.862. The van der Waals surface area contributed by atoms with Crippen LogP contribution in [0.1, 0.15) is 17.9 Å². The van der Waals surface area contributed by atoms with Gasteiger partial charge in [0.25, 0.3) is 0 Å². The fraction of sp³-hybridized carbons (Fsp3) is 0.533. The number of rotatable bonds is 2. The second-order valence-corrected chi connectivity index (χ2v) is 5.49. The molecular formula is C15H20N2O2. The van der Waals surface area contributed by atoms with Gasteiger partial charge < -0.3 is 15.4 Å². The Bertz CT molecular complexity index is 449. The maximum Gasteiger partial charge on any atom is 0.229 e. The van der Waals surface area contributed by atoms with Crippen molar-refractivity contribution in [1.29, 1.82) is 0 Å².